The van der Waals surface area contributed by atoms with Crippen molar-refractivity contribution >= 4 is 39.1 Å². The van der Waals surface area contributed by atoms with Crippen LogP contribution in [0.15, 0.2) is 25.6 Å². The summed E-state index contributed by atoms with van der Waals surface area (Å²) in [6.07, 6.45) is 0. The first-order chi connectivity index (χ1) is 15.7. The summed E-state index contributed by atoms with van der Waals surface area (Å²) in [6, 6.07) is 4.98. The largest absolute Gasteiger partial charge is 0.493 e. The first-order valence-corrected chi connectivity index (χ1v) is 10.4. The molecule has 3 rings (SSSR count). The van der Waals surface area contributed by atoms with Crippen LogP contribution in [0.1, 0.15) is 44.3 Å². The van der Waals surface area contributed by atoms with E-state index in [4.69, 9.17) is 4.74 Å². The van der Waals surface area contributed by atoms with E-state index in [-0.39, 0.29) is 63.4 Å². The number of aromatic nitrogens is 1. The van der Waals surface area contributed by atoms with Gasteiger partial charge in [0.15, 0.2) is 5.69 Å². The fraction of sp³-hybridized carbons (Fsp3) is 0.286. The van der Waals surface area contributed by atoms with Crippen LogP contribution in [0.5, 0.6) is 5.88 Å². The molecule has 0 atom stereocenters. The van der Waals surface area contributed by atoms with Gasteiger partial charge in [0.1, 0.15) is 23.4 Å². The Kier molecular flexibility index (Phi) is 6.72. The zero-order valence-electron chi connectivity index (χ0n) is 17.8. The molecule has 1 aromatic carbocycles. The molecule has 168 valence electrons. The quantitative estimate of drug-likeness (QED) is 0.459. The number of benzene rings is 1. The van der Waals surface area contributed by atoms with E-state index < -0.39 is 23.3 Å². The molecule has 12 heteroatoms. The number of aromatic hydroxyl groups is 1. The summed E-state index contributed by atoms with van der Waals surface area (Å²) in [7, 11) is 1.42. The van der Waals surface area contributed by atoms with E-state index in [0.717, 1.165) is 9.47 Å². The van der Waals surface area contributed by atoms with Gasteiger partial charge in [0, 0.05) is 19.2 Å². The Labute approximate surface area is 196 Å². The van der Waals surface area contributed by atoms with Crippen LogP contribution in [0, 0.1) is 29.6 Å². The van der Waals surface area contributed by atoms with Crippen molar-refractivity contribution in [3.05, 3.63) is 48.7 Å². The van der Waals surface area contributed by atoms with Crippen molar-refractivity contribution in [2.45, 2.75) is 20.4 Å². The number of carbonyl (C=O) groups excluding carboxylic acids is 2. The fourth-order valence-electron chi connectivity index (χ4n) is 3.41. The number of hydrogen-bond acceptors (Lipinski definition) is 9. The number of nitriles is 2. The Hall–Kier alpha value is -3.87. The van der Waals surface area contributed by atoms with E-state index in [1.165, 1.54) is 20.1 Å². The van der Waals surface area contributed by atoms with Gasteiger partial charge in [0.25, 0.3) is 17.4 Å². The van der Waals surface area contributed by atoms with E-state index in [2.05, 4.69) is 26.2 Å². The number of nitrogens with zero attached hydrogens (tertiary/aromatic N) is 6. The van der Waals surface area contributed by atoms with Crippen LogP contribution in [0.4, 0.5) is 11.4 Å². The zero-order chi connectivity index (χ0) is 24.4. The van der Waals surface area contributed by atoms with Gasteiger partial charge in [-0.3, -0.25) is 23.9 Å². The Morgan fingerprint density at radius 2 is 1.82 bits per heavy atom. The number of rotatable bonds is 6. The maximum atomic E-state index is 12.7. The van der Waals surface area contributed by atoms with Crippen LogP contribution in [-0.4, -0.2) is 46.6 Å². The van der Waals surface area contributed by atoms with Gasteiger partial charge in [0.2, 0.25) is 5.88 Å². The molecule has 1 aromatic heterocycles. The standard InChI is InChI=1S/C21H17BrN6O5/c1-4-27-18(29)12-7-11(8-23)17(15(22)14(12)20(27)31)26-25-16-10(2)13(9-24)19(30)28(21(16)32)5-6-33-3/h7,32H,4-6H2,1-3H3/b26-25+. The van der Waals surface area contributed by atoms with Crippen molar-refractivity contribution in [1.82, 2.24) is 9.47 Å². The Balaban J connectivity index is 2.22. The summed E-state index contributed by atoms with van der Waals surface area (Å²) in [4.78, 5) is 38.7. The van der Waals surface area contributed by atoms with Crippen LogP contribution in [-0.2, 0) is 11.3 Å². The lowest BCUT2D eigenvalue weighted by Gasteiger charge is -2.13. The molecule has 0 fully saturated rings. The lowest BCUT2D eigenvalue weighted by atomic mass is 10.0. The first-order valence-electron chi connectivity index (χ1n) is 9.63. The zero-order valence-corrected chi connectivity index (χ0v) is 19.4. The van der Waals surface area contributed by atoms with Gasteiger partial charge in [-0.2, -0.15) is 10.5 Å². The molecule has 11 nitrogen and oxygen atoms in total. The number of carbonyl (C=O) groups is 2. The molecule has 2 heterocycles. The summed E-state index contributed by atoms with van der Waals surface area (Å²) < 4.78 is 5.98. The average molecular weight is 513 g/mol. The summed E-state index contributed by atoms with van der Waals surface area (Å²) >= 11 is 3.26. The van der Waals surface area contributed by atoms with Gasteiger partial charge in [-0.05, 0) is 35.8 Å². The lowest BCUT2D eigenvalue weighted by molar-refractivity contribution is 0.0662. The van der Waals surface area contributed by atoms with Gasteiger partial charge in [-0.25, -0.2) is 0 Å². The van der Waals surface area contributed by atoms with Crippen LogP contribution in [0.2, 0.25) is 0 Å². The number of fused-ring (bicyclic) bond motifs is 1. The molecule has 0 saturated heterocycles. The smallest absolute Gasteiger partial charge is 0.271 e. The minimum absolute atomic E-state index is 0.0335. The average Bonchev–Trinajstić information content (AvgIpc) is 3.04. The predicted molar refractivity (Wildman–Crippen MR) is 118 cm³/mol. The summed E-state index contributed by atoms with van der Waals surface area (Å²) in [6.45, 7) is 3.30. The van der Waals surface area contributed by atoms with Gasteiger partial charge in [-0.15, -0.1) is 10.2 Å². The number of hydrogen-bond donors (Lipinski definition) is 1. The van der Waals surface area contributed by atoms with E-state index >= 15 is 0 Å². The molecule has 0 radical (unpaired) electrons. The number of pyridine rings is 1. The molecule has 1 aliphatic rings. The second kappa shape index (κ2) is 9.32. The Morgan fingerprint density at radius 3 is 2.39 bits per heavy atom. The summed E-state index contributed by atoms with van der Waals surface area (Å²) in [5.41, 5.74) is -0.944. The fourth-order valence-corrected chi connectivity index (χ4v) is 4.08. The number of ether oxygens (including phenoxy) is 1. The van der Waals surface area contributed by atoms with Gasteiger partial charge in [-0.1, -0.05) is 0 Å². The summed E-state index contributed by atoms with van der Waals surface area (Å²) in [5.74, 6) is -1.59. The van der Waals surface area contributed by atoms with Gasteiger partial charge >= 0.3 is 0 Å². The molecule has 0 bridgehead atoms. The van der Waals surface area contributed by atoms with E-state index in [9.17, 15) is 30.0 Å². The molecule has 2 amide bonds. The minimum atomic E-state index is -0.705. The van der Waals surface area contributed by atoms with Crippen molar-refractivity contribution < 1.29 is 19.4 Å². The predicted octanol–water partition coefficient (Wildman–Crippen LogP) is 3.05. The van der Waals surface area contributed by atoms with Crippen LogP contribution in [0.25, 0.3) is 0 Å². The monoisotopic (exact) mass is 512 g/mol. The van der Waals surface area contributed by atoms with Crippen molar-refractivity contribution in [2.75, 3.05) is 20.3 Å². The van der Waals surface area contributed by atoms with Crippen molar-refractivity contribution in [3.8, 4) is 18.0 Å². The Morgan fingerprint density at radius 1 is 1.15 bits per heavy atom. The maximum Gasteiger partial charge on any atom is 0.271 e. The van der Waals surface area contributed by atoms with Gasteiger partial charge in [0.05, 0.1) is 34.3 Å². The highest BCUT2D eigenvalue weighted by Crippen LogP contribution is 2.41. The molecule has 2 aromatic rings. The highest BCUT2D eigenvalue weighted by Gasteiger charge is 2.38. The van der Waals surface area contributed by atoms with Crippen LogP contribution < -0.4 is 5.56 Å². The molecule has 0 spiro atoms. The second-order valence-corrected chi connectivity index (χ2v) is 7.70. The summed E-state index contributed by atoms with van der Waals surface area (Å²) in [5, 5.41) is 37.7. The Bertz CT molecular complexity index is 1370. The highest BCUT2D eigenvalue weighted by atomic mass is 79.9. The first kappa shape index (κ1) is 23.8. The third-order valence-electron chi connectivity index (χ3n) is 5.15. The number of amides is 2. The topological polar surface area (TPSA) is 161 Å². The second-order valence-electron chi connectivity index (χ2n) is 6.91. The molecular weight excluding hydrogens is 496 g/mol. The number of azo groups is 1. The van der Waals surface area contributed by atoms with E-state index in [0.29, 0.717) is 0 Å². The molecule has 1 aliphatic heterocycles. The van der Waals surface area contributed by atoms with Crippen LogP contribution in [0.3, 0.4) is 0 Å². The minimum Gasteiger partial charge on any atom is -0.493 e. The van der Waals surface area contributed by atoms with E-state index in [1.807, 2.05) is 6.07 Å². The number of imide groups is 1. The van der Waals surface area contributed by atoms with Crippen molar-refractivity contribution in [3.63, 3.8) is 0 Å². The SMILES string of the molecule is CCN1C(=O)c2cc(C#N)c(/N=N/c3c(C)c(C#N)c(=O)n(CCOC)c3O)c(Br)c2C1=O. The third kappa shape index (κ3) is 3.80. The molecule has 0 saturated carbocycles. The highest BCUT2D eigenvalue weighted by molar-refractivity contribution is 9.10. The van der Waals surface area contributed by atoms with Crippen LogP contribution >= 0.6 is 15.9 Å². The molecule has 1 N–H and O–H groups in total. The maximum absolute atomic E-state index is 12.7. The lowest BCUT2D eigenvalue weighted by Crippen LogP contribution is -2.29. The number of halogens is 1. The van der Waals surface area contributed by atoms with Gasteiger partial charge < -0.3 is 9.84 Å². The normalized spacial score (nSPS) is 12.8. The number of methoxy groups -OCH3 is 1. The van der Waals surface area contributed by atoms with Crippen molar-refractivity contribution in [2.24, 2.45) is 10.2 Å². The van der Waals surface area contributed by atoms with Crippen molar-refractivity contribution in [1.29, 1.82) is 10.5 Å². The van der Waals surface area contributed by atoms with E-state index in [1.54, 1.807) is 13.0 Å². The molecule has 0 unspecified atom stereocenters. The molecular formula is C21H17BrN6O5. The molecule has 0 aliphatic carbocycles. The third-order valence-corrected chi connectivity index (χ3v) is 5.92. The molecule has 33 heavy (non-hydrogen) atoms.